The maximum Gasteiger partial charge on any atom is 0.243 e. The van der Waals surface area contributed by atoms with Gasteiger partial charge in [0.25, 0.3) is 0 Å². The maximum absolute atomic E-state index is 13.1. The van der Waals surface area contributed by atoms with Crippen molar-refractivity contribution in [1.29, 1.82) is 0 Å². The Hall–Kier alpha value is -1.78. The standard InChI is InChI=1S/C23H30N4O3S2/c1-2-9-27-20-8-7-18(32(28,29)26-11-13-30-14-12-26)16-19(20)24-23(27)17-25-10-3-5-21(25)22-6-4-15-31-22/h4,6-8,15-16,21H,2-3,5,9-14,17H2,1H3. The summed E-state index contributed by atoms with van der Waals surface area (Å²) >= 11 is 1.82. The third-order valence-electron chi connectivity index (χ3n) is 6.43. The van der Waals surface area contributed by atoms with Crippen LogP contribution in [0.4, 0.5) is 0 Å². The first kappa shape index (κ1) is 22.0. The Morgan fingerprint density at radius 3 is 2.78 bits per heavy atom. The Morgan fingerprint density at radius 1 is 1.19 bits per heavy atom. The highest BCUT2D eigenvalue weighted by Gasteiger charge is 2.29. The fourth-order valence-electron chi connectivity index (χ4n) is 4.85. The minimum Gasteiger partial charge on any atom is -0.379 e. The quantitative estimate of drug-likeness (QED) is 0.520. The highest BCUT2D eigenvalue weighted by molar-refractivity contribution is 7.89. The van der Waals surface area contributed by atoms with Crippen molar-refractivity contribution in [2.45, 2.75) is 50.2 Å². The average Bonchev–Trinajstić information content (AvgIpc) is 3.55. The van der Waals surface area contributed by atoms with E-state index in [2.05, 4.69) is 33.9 Å². The lowest BCUT2D eigenvalue weighted by Gasteiger charge is -2.26. The molecule has 2 aliphatic heterocycles. The van der Waals surface area contributed by atoms with Gasteiger partial charge in [-0.05, 0) is 55.5 Å². The molecule has 0 saturated carbocycles. The molecule has 4 heterocycles. The van der Waals surface area contributed by atoms with Crippen LogP contribution in [-0.4, -0.2) is 60.0 Å². The lowest BCUT2D eigenvalue weighted by Crippen LogP contribution is -2.40. The van der Waals surface area contributed by atoms with Gasteiger partial charge < -0.3 is 9.30 Å². The topological polar surface area (TPSA) is 67.7 Å². The molecule has 0 spiro atoms. The van der Waals surface area contributed by atoms with E-state index in [0.29, 0.717) is 37.2 Å². The average molecular weight is 475 g/mol. The van der Waals surface area contributed by atoms with Crippen LogP contribution >= 0.6 is 11.3 Å². The molecule has 7 nitrogen and oxygen atoms in total. The Kier molecular flexibility index (Phi) is 6.35. The number of fused-ring (bicyclic) bond motifs is 1. The van der Waals surface area contributed by atoms with E-state index in [9.17, 15) is 8.42 Å². The summed E-state index contributed by atoms with van der Waals surface area (Å²) in [6, 6.07) is 10.2. The van der Waals surface area contributed by atoms with E-state index in [1.165, 1.54) is 22.0 Å². The number of thiophene rings is 1. The molecule has 0 amide bonds. The summed E-state index contributed by atoms with van der Waals surface area (Å²) in [6.07, 6.45) is 3.37. The van der Waals surface area contributed by atoms with Gasteiger partial charge >= 0.3 is 0 Å². The molecule has 172 valence electrons. The van der Waals surface area contributed by atoms with Gasteiger partial charge in [0.05, 0.1) is 35.7 Å². The van der Waals surface area contributed by atoms with Crippen molar-refractivity contribution in [2.75, 3.05) is 32.8 Å². The van der Waals surface area contributed by atoms with Gasteiger partial charge in [0.15, 0.2) is 0 Å². The molecule has 2 aliphatic rings. The Labute approximate surface area is 193 Å². The fraction of sp³-hybridized carbons (Fsp3) is 0.522. The van der Waals surface area contributed by atoms with Crippen molar-refractivity contribution in [2.24, 2.45) is 0 Å². The molecule has 2 saturated heterocycles. The molecule has 0 N–H and O–H groups in total. The summed E-state index contributed by atoms with van der Waals surface area (Å²) in [6.45, 7) is 6.56. The summed E-state index contributed by atoms with van der Waals surface area (Å²) in [4.78, 5) is 9.20. The summed E-state index contributed by atoms with van der Waals surface area (Å²) in [5.74, 6) is 1.02. The molecule has 1 atom stereocenters. The first-order valence-corrected chi connectivity index (χ1v) is 13.7. The van der Waals surface area contributed by atoms with Crippen molar-refractivity contribution in [3.05, 3.63) is 46.4 Å². The van der Waals surface area contributed by atoms with E-state index >= 15 is 0 Å². The molecular formula is C23H30N4O3S2. The molecule has 3 aromatic rings. The Morgan fingerprint density at radius 2 is 2.03 bits per heavy atom. The van der Waals surface area contributed by atoms with E-state index in [-0.39, 0.29) is 0 Å². The number of ether oxygens (including phenoxy) is 1. The predicted octanol–water partition coefficient (Wildman–Crippen LogP) is 3.87. The van der Waals surface area contributed by atoms with Gasteiger partial charge in [0, 0.05) is 30.6 Å². The zero-order chi connectivity index (χ0) is 22.1. The monoisotopic (exact) mass is 474 g/mol. The van der Waals surface area contributed by atoms with Crippen molar-refractivity contribution >= 4 is 32.4 Å². The van der Waals surface area contributed by atoms with Gasteiger partial charge in [-0.1, -0.05) is 13.0 Å². The summed E-state index contributed by atoms with van der Waals surface area (Å²) in [7, 11) is -3.54. The SMILES string of the molecule is CCCn1c(CN2CCCC2c2cccs2)nc2cc(S(=O)(=O)N3CCOCC3)ccc21. The van der Waals surface area contributed by atoms with Crippen LogP contribution < -0.4 is 0 Å². The highest BCUT2D eigenvalue weighted by Crippen LogP contribution is 2.36. The van der Waals surface area contributed by atoms with Crippen LogP contribution in [0.5, 0.6) is 0 Å². The lowest BCUT2D eigenvalue weighted by atomic mass is 10.2. The van der Waals surface area contributed by atoms with Crippen LogP contribution in [0.2, 0.25) is 0 Å². The lowest BCUT2D eigenvalue weighted by molar-refractivity contribution is 0.0730. The number of morpholine rings is 1. The van der Waals surface area contributed by atoms with Gasteiger partial charge in [-0.2, -0.15) is 4.31 Å². The number of aryl methyl sites for hydroxylation is 1. The number of sulfonamides is 1. The number of imidazole rings is 1. The van der Waals surface area contributed by atoms with Gasteiger partial charge in [0.1, 0.15) is 5.82 Å². The van der Waals surface area contributed by atoms with Crippen molar-refractivity contribution in [3.63, 3.8) is 0 Å². The fourth-order valence-corrected chi connectivity index (χ4v) is 7.17. The molecular weight excluding hydrogens is 444 g/mol. The number of rotatable bonds is 7. The predicted molar refractivity (Wildman–Crippen MR) is 126 cm³/mol. The zero-order valence-corrected chi connectivity index (χ0v) is 20.1. The summed E-state index contributed by atoms with van der Waals surface area (Å²) in [5, 5.41) is 2.15. The number of benzene rings is 1. The number of nitrogens with zero attached hydrogens (tertiary/aromatic N) is 4. The number of hydrogen-bond acceptors (Lipinski definition) is 6. The minimum absolute atomic E-state index is 0.317. The second-order valence-electron chi connectivity index (χ2n) is 8.49. The van der Waals surface area contributed by atoms with Crippen molar-refractivity contribution in [1.82, 2.24) is 18.8 Å². The van der Waals surface area contributed by atoms with E-state index in [1.54, 1.807) is 12.1 Å². The molecule has 5 rings (SSSR count). The van der Waals surface area contributed by atoms with Crippen LogP contribution in [0.25, 0.3) is 11.0 Å². The molecule has 2 aromatic heterocycles. The normalized spacial score (nSPS) is 21.0. The minimum atomic E-state index is -3.54. The number of aromatic nitrogens is 2. The summed E-state index contributed by atoms with van der Waals surface area (Å²) in [5.41, 5.74) is 1.77. The molecule has 32 heavy (non-hydrogen) atoms. The van der Waals surface area contributed by atoms with E-state index in [4.69, 9.17) is 9.72 Å². The molecule has 9 heteroatoms. The second kappa shape index (κ2) is 9.23. The van der Waals surface area contributed by atoms with Crippen molar-refractivity contribution in [3.8, 4) is 0 Å². The first-order valence-electron chi connectivity index (χ1n) is 11.4. The smallest absolute Gasteiger partial charge is 0.243 e. The third-order valence-corrected chi connectivity index (χ3v) is 9.30. The van der Waals surface area contributed by atoms with Crippen LogP contribution in [-0.2, 0) is 27.8 Å². The largest absolute Gasteiger partial charge is 0.379 e. The van der Waals surface area contributed by atoms with E-state index in [1.807, 2.05) is 17.4 Å². The van der Waals surface area contributed by atoms with E-state index in [0.717, 1.165) is 42.9 Å². The van der Waals surface area contributed by atoms with E-state index < -0.39 is 10.0 Å². The molecule has 1 unspecified atom stereocenters. The second-order valence-corrected chi connectivity index (χ2v) is 11.4. The van der Waals surface area contributed by atoms with Gasteiger partial charge in [-0.25, -0.2) is 13.4 Å². The first-order chi connectivity index (χ1) is 15.6. The molecule has 0 radical (unpaired) electrons. The highest BCUT2D eigenvalue weighted by atomic mass is 32.2. The molecule has 0 bridgehead atoms. The van der Waals surface area contributed by atoms with Crippen LogP contribution in [0.15, 0.2) is 40.6 Å². The number of likely N-dealkylation sites (tertiary alicyclic amines) is 1. The van der Waals surface area contributed by atoms with Gasteiger partial charge in [0.2, 0.25) is 10.0 Å². The third kappa shape index (κ3) is 4.12. The molecule has 0 aliphatic carbocycles. The van der Waals surface area contributed by atoms with Gasteiger partial charge in [-0.15, -0.1) is 11.3 Å². The van der Waals surface area contributed by atoms with Crippen LogP contribution in [0.1, 0.15) is 42.9 Å². The Balaban J connectivity index is 1.47. The summed E-state index contributed by atoms with van der Waals surface area (Å²) < 4.78 is 35.4. The van der Waals surface area contributed by atoms with Gasteiger partial charge in [-0.3, -0.25) is 4.90 Å². The van der Waals surface area contributed by atoms with Crippen LogP contribution in [0.3, 0.4) is 0 Å². The van der Waals surface area contributed by atoms with Crippen molar-refractivity contribution < 1.29 is 13.2 Å². The molecule has 1 aromatic carbocycles. The Bertz CT molecular complexity index is 1170. The number of hydrogen-bond donors (Lipinski definition) is 0. The molecule has 2 fully saturated rings. The zero-order valence-electron chi connectivity index (χ0n) is 18.4. The maximum atomic E-state index is 13.1. The van der Waals surface area contributed by atoms with Crippen LogP contribution in [0, 0.1) is 0 Å².